The molecule has 4 rings (SSSR count). The highest BCUT2D eigenvalue weighted by atomic mass is 32.1. The minimum Gasteiger partial charge on any atom is -0.497 e. The molecule has 0 unspecified atom stereocenters. The lowest BCUT2D eigenvalue weighted by Crippen LogP contribution is -2.30. The zero-order valence-electron chi connectivity index (χ0n) is 15.3. The Balaban J connectivity index is 1.75. The number of hydrogen-bond donors (Lipinski definition) is 0. The van der Waals surface area contributed by atoms with E-state index in [1.54, 1.807) is 13.2 Å². The molecule has 2 aromatic heterocycles. The number of furan rings is 1. The number of nitro groups is 1. The Morgan fingerprint density at radius 1 is 1.21 bits per heavy atom. The Kier molecular flexibility index (Phi) is 4.96. The van der Waals surface area contributed by atoms with Crippen LogP contribution in [0.5, 0.6) is 5.75 Å². The van der Waals surface area contributed by atoms with E-state index in [-0.39, 0.29) is 12.3 Å². The molecule has 8 nitrogen and oxygen atoms in total. The summed E-state index contributed by atoms with van der Waals surface area (Å²) in [4.78, 5) is 29.4. The normalized spacial score (nSPS) is 10.8. The van der Waals surface area contributed by atoms with E-state index < -0.39 is 16.7 Å². The average Bonchev–Trinajstić information content (AvgIpc) is 3.39. The van der Waals surface area contributed by atoms with Crippen LogP contribution in [0.4, 0.5) is 11.0 Å². The molecule has 0 radical (unpaired) electrons. The van der Waals surface area contributed by atoms with Gasteiger partial charge >= 0.3 is 5.88 Å². The van der Waals surface area contributed by atoms with Crippen molar-refractivity contribution < 1.29 is 18.9 Å². The van der Waals surface area contributed by atoms with E-state index >= 15 is 0 Å². The van der Waals surface area contributed by atoms with Gasteiger partial charge in [0.15, 0.2) is 10.9 Å². The third kappa shape index (κ3) is 3.81. The van der Waals surface area contributed by atoms with Gasteiger partial charge in [-0.15, -0.1) is 0 Å². The fourth-order valence-corrected chi connectivity index (χ4v) is 3.79. The van der Waals surface area contributed by atoms with Crippen LogP contribution in [-0.4, -0.2) is 22.9 Å². The molecule has 0 aliphatic carbocycles. The number of nitrogens with zero attached hydrogens (tertiary/aromatic N) is 3. The summed E-state index contributed by atoms with van der Waals surface area (Å²) in [5.41, 5.74) is 1.61. The second kappa shape index (κ2) is 7.72. The van der Waals surface area contributed by atoms with Gasteiger partial charge in [-0.1, -0.05) is 41.7 Å². The summed E-state index contributed by atoms with van der Waals surface area (Å²) in [5, 5.41) is 11.4. The lowest BCUT2D eigenvalue weighted by atomic mass is 10.2. The van der Waals surface area contributed by atoms with E-state index in [0.29, 0.717) is 10.9 Å². The quantitative estimate of drug-likeness (QED) is 0.339. The van der Waals surface area contributed by atoms with Crippen LogP contribution in [0.1, 0.15) is 16.1 Å². The number of methoxy groups -OCH3 is 1. The molecule has 0 aliphatic heterocycles. The lowest BCUT2D eigenvalue weighted by Gasteiger charge is -2.18. The molecule has 0 atom stereocenters. The molecule has 0 bridgehead atoms. The Morgan fingerprint density at radius 2 is 2.00 bits per heavy atom. The standard InChI is InChI=1S/C20H15N3O5S/c1-27-14-7-8-15-17(11-14)29-20(21-15)22(12-13-5-3-2-4-6-13)19(24)16-9-10-18(28-16)23(25)26/h2-11H,12H2,1H3. The number of rotatable bonds is 6. The summed E-state index contributed by atoms with van der Waals surface area (Å²) in [6.07, 6.45) is 0. The van der Waals surface area contributed by atoms with Crippen LogP contribution < -0.4 is 9.64 Å². The van der Waals surface area contributed by atoms with Crippen molar-refractivity contribution in [3.05, 3.63) is 82.1 Å². The number of aromatic nitrogens is 1. The van der Waals surface area contributed by atoms with Crippen molar-refractivity contribution in [2.45, 2.75) is 6.54 Å². The van der Waals surface area contributed by atoms with Gasteiger partial charge in [0, 0.05) is 0 Å². The summed E-state index contributed by atoms with van der Waals surface area (Å²) < 4.78 is 11.2. The molecule has 0 aliphatic rings. The molecule has 146 valence electrons. The fourth-order valence-electron chi connectivity index (χ4n) is 2.80. The summed E-state index contributed by atoms with van der Waals surface area (Å²) in [6, 6.07) is 17.3. The van der Waals surface area contributed by atoms with Gasteiger partial charge in [0.2, 0.25) is 0 Å². The highest BCUT2D eigenvalue weighted by Gasteiger charge is 2.26. The van der Waals surface area contributed by atoms with Crippen LogP contribution >= 0.6 is 11.3 Å². The second-order valence-corrected chi connectivity index (χ2v) is 7.11. The van der Waals surface area contributed by atoms with E-state index in [4.69, 9.17) is 9.15 Å². The molecule has 9 heteroatoms. The number of anilines is 1. The Hall–Kier alpha value is -3.72. The molecule has 29 heavy (non-hydrogen) atoms. The maximum atomic E-state index is 13.1. The first-order chi connectivity index (χ1) is 14.0. The van der Waals surface area contributed by atoms with Crippen molar-refractivity contribution in [3.8, 4) is 5.75 Å². The van der Waals surface area contributed by atoms with Crippen molar-refractivity contribution >= 4 is 38.5 Å². The number of amides is 1. The number of fused-ring (bicyclic) bond motifs is 1. The zero-order chi connectivity index (χ0) is 20.4. The third-order valence-electron chi connectivity index (χ3n) is 4.23. The first-order valence-corrected chi connectivity index (χ1v) is 9.41. The predicted molar refractivity (Wildman–Crippen MR) is 108 cm³/mol. The molecule has 1 amide bonds. The molecule has 2 heterocycles. The predicted octanol–water partition coefficient (Wildman–Crippen LogP) is 4.65. The van der Waals surface area contributed by atoms with E-state index in [1.165, 1.54) is 22.3 Å². The van der Waals surface area contributed by atoms with Gasteiger partial charge < -0.3 is 9.15 Å². The van der Waals surface area contributed by atoms with Gasteiger partial charge in [-0.05, 0) is 29.8 Å². The molecule has 0 N–H and O–H groups in total. The Bertz CT molecular complexity index is 1190. The molecular weight excluding hydrogens is 394 g/mol. The summed E-state index contributed by atoms with van der Waals surface area (Å²) in [6.45, 7) is 0.241. The van der Waals surface area contributed by atoms with Gasteiger partial charge in [0.25, 0.3) is 5.91 Å². The van der Waals surface area contributed by atoms with Crippen molar-refractivity contribution in [2.75, 3.05) is 12.0 Å². The third-order valence-corrected chi connectivity index (χ3v) is 5.27. The Morgan fingerprint density at radius 3 is 2.69 bits per heavy atom. The zero-order valence-corrected chi connectivity index (χ0v) is 16.1. The number of hydrogen-bond acceptors (Lipinski definition) is 7. The van der Waals surface area contributed by atoms with E-state index in [9.17, 15) is 14.9 Å². The number of ether oxygens (including phenoxy) is 1. The average molecular weight is 409 g/mol. The molecule has 2 aromatic carbocycles. The SMILES string of the molecule is COc1ccc2nc(N(Cc3ccccc3)C(=O)c3ccc([N+](=O)[O-])o3)sc2c1. The molecular formula is C20H15N3O5S. The van der Waals surface area contributed by atoms with Crippen LogP contribution in [0.3, 0.4) is 0 Å². The minimum atomic E-state index is -0.678. The summed E-state index contributed by atoms with van der Waals surface area (Å²) in [7, 11) is 1.58. The smallest absolute Gasteiger partial charge is 0.433 e. The van der Waals surface area contributed by atoms with Gasteiger partial charge in [-0.25, -0.2) is 4.98 Å². The number of carbonyl (C=O) groups excluding carboxylic acids is 1. The van der Waals surface area contributed by atoms with Crippen LogP contribution in [0.25, 0.3) is 10.2 Å². The van der Waals surface area contributed by atoms with Gasteiger partial charge in [-0.2, -0.15) is 0 Å². The largest absolute Gasteiger partial charge is 0.497 e. The van der Waals surface area contributed by atoms with E-state index in [2.05, 4.69) is 4.98 Å². The van der Waals surface area contributed by atoms with E-state index in [1.807, 2.05) is 42.5 Å². The van der Waals surface area contributed by atoms with Crippen molar-refractivity contribution in [1.82, 2.24) is 4.98 Å². The fraction of sp³-hybridized carbons (Fsp3) is 0.100. The summed E-state index contributed by atoms with van der Waals surface area (Å²) >= 11 is 1.33. The van der Waals surface area contributed by atoms with Crippen LogP contribution in [0.15, 0.2) is 65.1 Å². The molecule has 0 saturated heterocycles. The molecule has 0 fully saturated rings. The number of thiazole rings is 1. The highest BCUT2D eigenvalue weighted by molar-refractivity contribution is 7.22. The molecule has 0 spiro atoms. The first-order valence-electron chi connectivity index (χ1n) is 8.60. The molecule has 0 saturated carbocycles. The topological polar surface area (TPSA) is 98.7 Å². The number of carbonyl (C=O) groups is 1. The maximum absolute atomic E-state index is 13.1. The summed E-state index contributed by atoms with van der Waals surface area (Å²) in [5.74, 6) is -0.421. The van der Waals surface area contributed by atoms with Gasteiger partial charge in [-0.3, -0.25) is 19.8 Å². The van der Waals surface area contributed by atoms with Crippen molar-refractivity contribution in [1.29, 1.82) is 0 Å². The Labute approximate surface area is 169 Å². The highest BCUT2D eigenvalue weighted by Crippen LogP contribution is 2.33. The van der Waals surface area contributed by atoms with Gasteiger partial charge in [0.05, 0.1) is 29.9 Å². The van der Waals surface area contributed by atoms with Crippen molar-refractivity contribution in [3.63, 3.8) is 0 Å². The first kappa shape index (κ1) is 18.6. The number of benzene rings is 2. The lowest BCUT2D eigenvalue weighted by molar-refractivity contribution is -0.402. The second-order valence-electron chi connectivity index (χ2n) is 6.10. The van der Waals surface area contributed by atoms with Gasteiger partial charge in [0.1, 0.15) is 10.7 Å². The maximum Gasteiger partial charge on any atom is 0.433 e. The monoisotopic (exact) mass is 409 g/mol. The molecule has 4 aromatic rings. The van der Waals surface area contributed by atoms with Crippen LogP contribution in [0, 0.1) is 10.1 Å². The van der Waals surface area contributed by atoms with Crippen LogP contribution in [0.2, 0.25) is 0 Å². The minimum absolute atomic E-state index is 0.121. The van der Waals surface area contributed by atoms with E-state index in [0.717, 1.165) is 21.8 Å². The van der Waals surface area contributed by atoms with Crippen LogP contribution in [-0.2, 0) is 6.54 Å². The van der Waals surface area contributed by atoms with Crippen molar-refractivity contribution in [2.24, 2.45) is 0 Å².